The Labute approximate surface area is 171 Å². The summed E-state index contributed by atoms with van der Waals surface area (Å²) in [7, 11) is 0. The largest absolute Gasteiger partial charge is 0.330 e. The number of thioether (sulfide) groups is 1. The summed E-state index contributed by atoms with van der Waals surface area (Å²) in [5.41, 5.74) is 5.87. The zero-order valence-electron chi connectivity index (χ0n) is 11.9. The lowest BCUT2D eigenvalue weighted by Crippen LogP contribution is -2.33. The number of anilines is 2. The molecule has 0 spiro atoms. The van der Waals surface area contributed by atoms with Crippen LogP contribution in [0.2, 0.25) is 20.4 Å². The van der Waals surface area contributed by atoms with Gasteiger partial charge in [-0.05, 0) is 24.4 Å². The van der Waals surface area contributed by atoms with Crippen molar-refractivity contribution in [2.75, 3.05) is 10.7 Å². The molecule has 2 rings (SSSR count). The van der Waals surface area contributed by atoms with Crippen molar-refractivity contribution in [3.8, 4) is 0 Å². The average Bonchev–Trinajstić information content (AvgIpc) is 2.54. The van der Waals surface area contributed by atoms with Crippen LogP contribution in [-0.4, -0.2) is 15.9 Å². The molecule has 0 aliphatic heterocycles. The maximum atomic E-state index is 12.6. The molecule has 1 heterocycles. The van der Waals surface area contributed by atoms with Gasteiger partial charge in [-0.2, -0.15) is 8.78 Å². The Morgan fingerprint density at radius 3 is 2.28 bits per heavy atom. The lowest BCUT2D eigenvalue weighted by molar-refractivity contribution is 0.252. The summed E-state index contributed by atoms with van der Waals surface area (Å²) < 4.78 is 25.2. The lowest BCUT2D eigenvalue weighted by Gasteiger charge is -2.16. The van der Waals surface area contributed by atoms with Crippen molar-refractivity contribution >= 4 is 86.9 Å². The van der Waals surface area contributed by atoms with E-state index < -0.39 is 5.76 Å². The Morgan fingerprint density at radius 2 is 1.68 bits per heavy atom. The van der Waals surface area contributed by atoms with E-state index in [1.54, 1.807) is 24.3 Å². The summed E-state index contributed by atoms with van der Waals surface area (Å²) in [6, 6.07) is 6.49. The van der Waals surface area contributed by atoms with E-state index in [1.165, 1.54) is 0 Å². The number of hydrazine groups is 1. The fourth-order valence-electron chi connectivity index (χ4n) is 1.64. The van der Waals surface area contributed by atoms with Gasteiger partial charge in [0.15, 0.2) is 15.4 Å². The molecule has 0 unspecified atom stereocenters. The maximum absolute atomic E-state index is 12.6. The Bertz CT molecular complexity index is 769. The quantitative estimate of drug-likeness (QED) is 0.208. The van der Waals surface area contributed by atoms with Crippen molar-refractivity contribution in [1.29, 1.82) is 0 Å². The maximum Gasteiger partial charge on any atom is 0.288 e. The molecule has 1 aromatic carbocycles. The van der Waals surface area contributed by atoms with E-state index in [0.717, 1.165) is 0 Å². The topological polar surface area (TPSA) is 49.0 Å². The zero-order valence-corrected chi connectivity index (χ0v) is 16.6. The summed E-state index contributed by atoms with van der Waals surface area (Å²) in [4.78, 5) is 4.08. The fraction of sp³-hybridized carbons (Fsp3) is 0.0769. The fourth-order valence-corrected chi connectivity index (χ4v) is 3.21. The average molecular weight is 464 g/mol. The van der Waals surface area contributed by atoms with Gasteiger partial charge < -0.3 is 5.32 Å². The molecule has 12 heteroatoms. The van der Waals surface area contributed by atoms with Crippen LogP contribution in [0.4, 0.5) is 20.2 Å². The second kappa shape index (κ2) is 9.25. The van der Waals surface area contributed by atoms with E-state index in [-0.39, 0.29) is 31.2 Å². The van der Waals surface area contributed by atoms with Gasteiger partial charge in [0.2, 0.25) is 0 Å². The predicted molar refractivity (Wildman–Crippen MR) is 106 cm³/mol. The van der Waals surface area contributed by atoms with E-state index >= 15 is 0 Å². The van der Waals surface area contributed by atoms with Gasteiger partial charge >= 0.3 is 0 Å². The number of hydrogen-bond acceptors (Lipinski definition) is 4. The molecular formula is C13H8Cl4F2N4S2. The van der Waals surface area contributed by atoms with E-state index in [0.29, 0.717) is 22.3 Å². The van der Waals surface area contributed by atoms with Crippen molar-refractivity contribution < 1.29 is 8.78 Å². The van der Waals surface area contributed by atoms with Crippen molar-refractivity contribution in [2.24, 2.45) is 0 Å². The lowest BCUT2D eigenvalue weighted by atomic mass is 10.3. The number of benzene rings is 1. The molecule has 0 fully saturated rings. The van der Waals surface area contributed by atoms with Gasteiger partial charge in [-0.25, -0.2) is 4.98 Å². The molecule has 25 heavy (non-hydrogen) atoms. The van der Waals surface area contributed by atoms with Crippen LogP contribution in [0.1, 0.15) is 0 Å². The third-order valence-electron chi connectivity index (χ3n) is 2.65. The van der Waals surface area contributed by atoms with Crippen LogP contribution in [0.5, 0.6) is 0 Å². The molecule has 0 aliphatic rings. The molecule has 0 aliphatic carbocycles. The highest BCUT2D eigenvalue weighted by Crippen LogP contribution is 2.38. The predicted octanol–water partition coefficient (Wildman–Crippen LogP) is 6.32. The molecule has 4 nitrogen and oxygen atoms in total. The summed E-state index contributed by atoms with van der Waals surface area (Å²) >= 11 is 29.2. The summed E-state index contributed by atoms with van der Waals surface area (Å²) in [6.45, 7) is 0. The van der Waals surface area contributed by atoms with Crippen LogP contribution in [0, 0.1) is 0 Å². The summed E-state index contributed by atoms with van der Waals surface area (Å²) in [6.07, 6.45) is 0. The Balaban J connectivity index is 2.08. The third kappa shape index (κ3) is 5.60. The van der Waals surface area contributed by atoms with Crippen LogP contribution < -0.4 is 16.2 Å². The Morgan fingerprint density at radius 1 is 1.08 bits per heavy atom. The van der Waals surface area contributed by atoms with E-state index in [1.807, 2.05) is 0 Å². The molecule has 3 N–H and O–H groups in total. The molecule has 2 aromatic rings. The van der Waals surface area contributed by atoms with Crippen LogP contribution in [0.15, 0.2) is 29.2 Å². The number of nitrogens with one attached hydrogen (secondary N) is 3. The first-order valence-electron chi connectivity index (χ1n) is 6.36. The first kappa shape index (κ1) is 20.5. The SMILES string of the molecule is FC(F)Sc1ccccc1NC(=S)NNc1c(Cl)c(Cl)nc(Cl)c1Cl. The number of aromatic nitrogens is 1. The minimum atomic E-state index is -2.55. The Kier molecular flexibility index (Phi) is 7.60. The number of alkyl halides is 2. The summed E-state index contributed by atoms with van der Waals surface area (Å²) in [5, 5.41) is 2.87. The van der Waals surface area contributed by atoms with Crippen molar-refractivity contribution in [3.05, 3.63) is 44.6 Å². The van der Waals surface area contributed by atoms with Gasteiger partial charge in [0.1, 0.15) is 10.0 Å². The molecule has 0 atom stereocenters. The molecule has 1 aromatic heterocycles. The molecule has 134 valence electrons. The first-order valence-corrected chi connectivity index (χ1v) is 9.16. The van der Waals surface area contributed by atoms with Gasteiger partial charge in [0.05, 0.1) is 11.4 Å². The molecule has 0 radical (unpaired) electrons. The molecule has 0 amide bonds. The monoisotopic (exact) mass is 462 g/mol. The van der Waals surface area contributed by atoms with Gasteiger partial charge in [-0.15, -0.1) is 0 Å². The van der Waals surface area contributed by atoms with E-state index in [9.17, 15) is 8.78 Å². The van der Waals surface area contributed by atoms with Crippen molar-refractivity contribution in [2.45, 2.75) is 10.7 Å². The minimum absolute atomic E-state index is 0.0417. The van der Waals surface area contributed by atoms with Crippen LogP contribution in [-0.2, 0) is 0 Å². The molecule has 0 bridgehead atoms. The highest BCUT2D eigenvalue weighted by Gasteiger charge is 2.16. The minimum Gasteiger partial charge on any atom is -0.330 e. The Hall–Kier alpha value is -0.770. The van der Waals surface area contributed by atoms with Crippen LogP contribution >= 0.6 is 70.4 Å². The number of halogens is 6. The number of rotatable bonds is 5. The van der Waals surface area contributed by atoms with Crippen molar-refractivity contribution in [3.63, 3.8) is 0 Å². The summed E-state index contributed by atoms with van der Waals surface area (Å²) in [5.74, 6) is -2.55. The second-order valence-electron chi connectivity index (χ2n) is 4.28. The normalized spacial score (nSPS) is 10.7. The highest BCUT2D eigenvalue weighted by molar-refractivity contribution is 7.99. The number of hydrogen-bond donors (Lipinski definition) is 3. The number of nitrogens with zero attached hydrogens (tertiary/aromatic N) is 1. The van der Waals surface area contributed by atoms with E-state index in [2.05, 4.69) is 21.2 Å². The van der Waals surface area contributed by atoms with Crippen LogP contribution in [0.25, 0.3) is 0 Å². The van der Waals surface area contributed by atoms with Gasteiger partial charge in [-0.3, -0.25) is 10.9 Å². The van der Waals surface area contributed by atoms with Crippen molar-refractivity contribution in [1.82, 2.24) is 10.4 Å². The third-order valence-corrected chi connectivity index (χ3v) is 5.12. The smallest absolute Gasteiger partial charge is 0.288 e. The number of pyridine rings is 1. The molecule has 0 saturated carbocycles. The van der Waals surface area contributed by atoms with E-state index in [4.69, 9.17) is 58.6 Å². The first-order chi connectivity index (χ1) is 11.8. The zero-order chi connectivity index (χ0) is 18.6. The van der Waals surface area contributed by atoms with Gasteiger partial charge in [0, 0.05) is 4.90 Å². The molecular weight excluding hydrogens is 456 g/mol. The number of para-hydroxylation sites is 1. The van der Waals surface area contributed by atoms with Gasteiger partial charge in [-0.1, -0.05) is 70.3 Å². The number of thiocarbonyl (C=S) groups is 1. The van der Waals surface area contributed by atoms with Gasteiger partial charge in [0.25, 0.3) is 5.76 Å². The standard InChI is InChI=1S/C13H8Cl4F2N4S2/c14-7-9(8(15)11(17)21-10(7)16)22-23-13(24)20-5-3-1-2-4-6(5)25-12(18)19/h1-4,12H,(H,21,22)(H2,20,23,24). The van der Waals surface area contributed by atoms with Crippen LogP contribution in [0.3, 0.4) is 0 Å². The highest BCUT2D eigenvalue weighted by atomic mass is 35.5. The molecule has 0 saturated heterocycles. The second-order valence-corrected chi connectivity index (χ2v) is 7.19.